The van der Waals surface area contributed by atoms with Gasteiger partial charge in [-0.15, -0.1) is 0 Å². The van der Waals surface area contributed by atoms with Gasteiger partial charge in [-0.2, -0.15) is 9.78 Å². The van der Waals surface area contributed by atoms with Crippen molar-refractivity contribution in [2.24, 2.45) is 0 Å². The van der Waals surface area contributed by atoms with Gasteiger partial charge in [-0.25, -0.2) is 9.97 Å². The van der Waals surface area contributed by atoms with E-state index >= 15 is 0 Å². The van der Waals surface area contributed by atoms with Gasteiger partial charge in [0.25, 0.3) is 5.95 Å². The molecule has 0 N–H and O–H groups in total. The Hall–Kier alpha value is -3.71. The van der Waals surface area contributed by atoms with Crippen molar-refractivity contribution in [3.05, 3.63) is 93.4 Å². The minimum Gasteiger partial charge on any atom is -0.496 e. The van der Waals surface area contributed by atoms with Crippen LogP contribution in [0.5, 0.6) is 5.75 Å². The zero-order valence-electron chi connectivity index (χ0n) is 20.1. The summed E-state index contributed by atoms with van der Waals surface area (Å²) in [4.78, 5) is 24.8. The van der Waals surface area contributed by atoms with E-state index in [1.54, 1.807) is 16.7 Å². The quantitative estimate of drug-likeness (QED) is 0.381. The first-order valence-electron chi connectivity index (χ1n) is 11.5. The maximum absolute atomic E-state index is 13.7. The fourth-order valence-corrected chi connectivity index (χ4v) is 4.92. The van der Waals surface area contributed by atoms with E-state index in [1.807, 2.05) is 75.4 Å². The van der Waals surface area contributed by atoms with Crippen LogP contribution in [0.1, 0.15) is 46.1 Å². The average molecular weight is 488 g/mol. The van der Waals surface area contributed by atoms with Crippen LogP contribution < -0.4 is 9.64 Å². The molecule has 1 aliphatic heterocycles. The summed E-state index contributed by atoms with van der Waals surface area (Å²) in [7, 11) is 1.65. The fourth-order valence-electron chi connectivity index (χ4n) is 4.80. The lowest BCUT2D eigenvalue weighted by Crippen LogP contribution is -2.38. The summed E-state index contributed by atoms with van der Waals surface area (Å²) in [5.74, 6) is 1.68. The van der Waals surface area contributed by atoms with Gasteiger partial charge in [0, 0.05) is 39.9 Å². The normalized spacial score (nSPS) is 15.3. The van der Waals surface area contributed by atoms with E-state index in [0.29, 0.717) is 29.8 Å². The summed E-state index contributed by atoms with van der Waals surface area (Å²) in [6.07, 6.45) is 0.307. The van der Waals surface area contributed by atoms with E-state index in [2.05, 4.69) is 9.97 Å². The van der Waals surface area contributed by atoms with Gasteiger partial charge in [-0.1, -0.05) is 41.9 Å². The van der Waals surface area contributed by atoms with E-state index in [4.69, 9.17) is 21.4 Å². The van der Waals surface area contributed by atoms with E-state index in [1.165, 1.54) is 0 Å². The number of rotatable bonds is 5. The van der Waals surface area contributed by atoms with Crippen molar-refractivity contribution in [2.75, 3.05) is 12.0 Å². The lowest BCUT2D eigenvalue weighted by atomic mass is 9.84. The number of anilines is 1. The predicted octanol–water partition coefficient (Wildman–Crippen LogP) is 5.32. The number of ether oxygens (including phenoxy) is 1. The summed E-state index contributed by atoms with van der Waals surface area (Å²) >= 11 is 6.09. The SMILES string of the molecule is COc1ccccc1[C@H]1CC(=O)N(Cc2ccc(Cl)cc2)c2c1c(C)nn2-c1nc(C)cc(C)n1. The van der Waals surface area contributed by atoms with Gasteiger partial charge < -0.3 is 4.74 Å². The van der Waals surface area contributed by atoms with Crippen molar-refractivity contribution in [3.8, 4) is 11.7 Å². The van der Waals surface area contributed by atoms with E-state index in [-0.39, 0.29) is 11.8 Å². The fraction of sp³-hybridized carbons (Fsp3) is 0.259. The number of hydrogen-bond acceptors (Lipinski definition) is 5. The smallest absolute Gasteiger partial charge is 0.252 e. The molecule has 35 heavy (non-hydrogen) atoms. The highest BCUT2D eigenvalue weighted by atomic mass is 35.5. The molecule has 0 saturated carbocycles. The summed E-state index contributed by atoms with van der Waals surface area (Å²) in [6, 6.07) is 17.3. The molecule has 0 unspecified atom stereocenters. The number of methoxy groups -OCH3 is 1. The standard InChI is InChI=1S/C27H26ClN5O2/c1-16-13-17(2)30-27(29-16)33-26-25(18(3)31-33)22(21-7-5-6-8-23(21)35-4)14-24(34)32(26)15-19-9-11-20(28)12-10-19/h5-13,22H,14-15H2,1-4H3/t22-/m1/s1. The highest BCUT2D eigenvalue weighted by Crippen LogP contribution is 2.45. The van der Waals surface area contributed by atoms with Crippen LogP contribution in [0.4, 0.5) is 5.82 Å². The summed E-state index contributed by atoms with van der Waals surface area (Å²) < 4.78 is 7.36. The number of halogens is 1. The predicted molar refractivity (Wildman–Crippen MR) is 135 cm³/mol. The first-order valence-corrected chi connectivity index (χ1v) is 11.8. The van der Waals surface area contributed by atoms with Crippen LogP contribution in [0.15, 0.2) is 54.6 Å². The van der Waals surface area contributed by atoms with Crippen molar-refractivity contribution in [3.63, 3.8) is 0 Å². The number of carbonyl (C=O) groups excluding carboxylic acids is 1. The first kappa shape index (κ1) is 23.1. The van der Waals surface area contributed by atoms with Crippen molar-refractivity contribution in [1.29, 1.82) is 0 Å². The number of aryl methyl sites for hydroxylation is 3. The molecule has 4 aromatic rings. The second kappa shape index (κ2) is 9.15. The average Bonchev–Trinajstić information content (AvgIpc) is 3.18. The summed E-state index contributed by atoms with van der Waals surface area (Å²) in [6.45, 7) is 6.21. The number of carbonyl (C=O) groups is 1. The van der Waals surface area contributed by atoms with Gasteiger partial charge in [-0.05, 0) is 50.6 Å². The van der Waals surface area contributed by atoms with Crippen molar-refractivity contribution < 1.29 is 9.53 Å². The number of benzene rings is 2. The second-order valence-electron chi connectivity index (χ2n) is 8.79. The Kier molecular flexibility index (Phi) is 6.03. The van der Waals surface area contributed by atoms with Gasteiger partial charge in [0.2, 0.25) is 5.91 Å². The molecule has 0 spiro atoms. The van der Waals surface area contributed by atoms with Crippen LogP contribution in [0, 0.1) is 20.8 Å². The lowest BCUT2D eigenvalue weighted by Gasteiger charge is -2.33. The monoisotopic (exact) mass is 487 g/mol. The number of para-hydroxylation sites is 1. The molecule has 0 fully saturated rings. The molecule has 3 heterocycles. The molecule has 5 rings (SSSR count). The topological polar surface area (TPSA) is 73.1 Å². The molecule has 1 aliphatic rings. The Morgan fingerprint density at radius 1 is 1.03 bits per heavy atom. The van der Waals surface area contributed by atoms with Crippen LogP contribution in [-0.2, 0) is 11.3 Å². The summed E-state index contributed by atoms with van der Waals surface area (Å²) in [5.41, 5.74) is 5.40. The number of hydrogen-bond donors (Lipinski definition) is 0. The third-order valence-electron chi connectivity index (χ3n) is 6.29. The van der Waals surface area contributed by atoms with Gasteiger partial charge in [0.1, 0.15) is 11.6 Å². The third kappa shape index (κ3) is 4.28. The van der Waals surface area contributed by atoms with E-state index in [0.717, 1.165) is 39.5 Å². The third-order valence-corrected chi connectivity index (χ3v) is 6.55. The molecule has 1 atom stereocenters. The minimum absolute atomic E-state index is 0.00567. The Bertz CT molecular complexity index is 1390. The van der Waals surface area contributed by atoms with Gasteiger partial charge in [-0.3, -0.25) is 9.69 Å². The van der Waals surface area contributed by atoms with Crippen molar-refractivity contribution in [1.82, 2.24) is 19.7 Å². The van der Waals surface area contributed by atoms with Crippen molar-refractivity contribution >= 4 is 23.3 Å². The van der Waals surface area contributed by atoms with Crippen LogP contribution in [0.3, 0.4) is 0 Å². The van der Waals surface area contributed by atoms with E-state index < -0.39 is 0 Å². The summed E-state index contributed by atoms with van der Waals surface area (Å²) in [5, 5.41) is 5.51. The molecule has 2 aromatic carbocycles. The highest BCUT2D eigenvalue weighted by molar-refractivity contribution is 6.30. The lowest BCUT2D eigenvalue weighted by molar-refractivity contribution is -0.119. The molecular weight excluding hydrogens is 462 g/mol. The van der Waals surface area contributed by atoms with Crippen LogP contribution in [-0.4, -0.2) is 32.8 Å². The second-order valence-corrected chi connectivity index (χ2v) is 9.23. The molecule has 0 saturated heterocycles. The molecule has 2 aromatic heterocycles. The largest absolute Gasteiger partial charge is 0.496 e. The molecular formula is C27H26ClN5O2. The maximum Gasteiger partial charge on any atom is 0.252 e. The molecule has 178 valence electrons. The molecule has 0 aliphatic carbocycles. The Labute approximate surface area is 209 Å². The first-order chi connectivity index (χ1) is 16.9. The van der Waals surface area contributed by atoms with Gasteiger partial charge in [0.05, 0.1) is 19.3 Å². The molecule has 8 heteroatoms. The molecule has 7 nitrogen and oxygen atoms in total. The van der Waals surface area contributed by atoms with E-state index in [9.17, 15) is 4.79 Å². The van der Waals surface area contributed by atoms with Crippen LogP contribution >= 0.6 is 11.6 Å². The Morgan fingerprint density at radius 2 is 1.71 bits per heavy atom. The number of nitrogens with zero attached hydrogens (tertiary/aromatic N) is 5. The Morgan fingerprint density at radius 3 is 2.40 bits per heavy atom. The zero-order valence-corrected chi connectivity index (χ0v) is 20.9. The number of fused-ring (bicyclic) bond motifs is 1. The van der Waals surface area contributed by atoms with Gasteiger partial charge in [0.15, 0.2) is 0 Å². The molecule has 0 bridgehead atoms. The number of aromatic nitrogens is 4. The zero-order chi connectivity index (χ0) is 24.7. The Balaban J connectivity index is 1.72. The molecule has 1 amide bonds. The van der Waals surface area contributed by atoms with Gasteiger partial charge >= 0.3 is 0 Å². The van der Waals surface area contributed by atoms with Crippen molar-refractivity contribution in [2.45, 2.75) is 39.7 Å². The maximum atomic E-state index is 13.7. The van der Waals surface area contributed by atoms with Crippen LogP contribution in [0.25, 0.3) is 5.95 Å². The van der Waals surface area contributed by atoms with Crippen LogP contribution in [0.2, 0.25) is 5.02 Å². The molecule has 0 radical (unpaired) electrons. The minimum atomic E-state index is -0.199. The number of amides is 1. The highest BCUT2D eigenvalue weighted by Gasteiger charge is 2.39.